The van der Waals surface area contributed by atoms with Crippen molar-refractivity contribution in [2.75, 3.05) is 6.61 Å². The van der Waals surface area contributed by atoms with E-state index in [1.54, 1.807) is 6.08 Å². The molecule has 0 saturated carbocycles. The first-order valence-corrected chi connectivity index (χ1v) is 6.94. The fraction of sp³-hybridized carbons (Fsp3) is 0.0625. The van der Waals surface area contributed by atoms with Crippen molar-refractivity contribution in [3.8, 4) is 5.75 Å². The zero-order chi connectivity index (χ0) is 15.2. The molecule has 0 spiro atoms. The van der Waals surface area contributed by atoms with Crippen LogP contribution in [0.5, 0.6) is 5.75 Å². The first-order chi connectivity index (χ1) is 10.1. The molecule has 1 N–H and O–H groups in total. The topological polar surface area (TPSA) is 46.5 Å². The van der Waals surface area contributed by atoms with Gasteiger partial charge in [-0.15, -0.1) is 0 Å². The van der Waals surface area contributed by atoms with Crippen molar-refractivity contribution >= 4 is 28.0 Å². The number of benzene rings is 2. The largest absolute Gasteiger partial charge is 0.486 e. The lowest BCUT2D eigenvalue weighted by molar-refractivity contribution is 0.0695. The van der Waals surface area contributed by atoms with Gasteiger partial charge in [0.2, 0.25) is 0 Å². The fourth-order valence-corrected chi connectivity index (χ4v) is 2.19. The van der Waals surface area contributed by atoms with E-state index in [0.717, 1.165) is 5.56 Å². The zero-order valence-electron chi connectivity index (χ0n) is 10.9. The van der Waals surface area contributed by atoms with Crippen LogP contribution in [0.25, 0.3) is 6.08 Å². The minimum Gasteiger partial charge on any atom is -0.486 e. The maximum atomic E-state index is 13.9. The molecule has 21 heavy (non-hydrogen) atoms. The second-order valence-corrected chi connectivity index (χ2v) is 4.96. The number of ether oxygens (including phenoxy) is 1. The summed E-state index contributed by atoms with van der Waals surface area (Å²) in [5, 5.41) is 8.87. The molecule has 0 bridgehead atoms. The molecule has 2 aromatic rings. The van der Waals surface area contributed by atoms with Crippen molar-refractivity contribution in [1.29, 1.82) is 0 Å². The quantitative estimate of drug-likeness (QED) is 0.870. The third kappa shape index (κ3) is 3.92. The molecule has 108 valence electrons. The van der Waals surface area contributed by atoms with Crippen molar-refractivity contribution in [3.63, 3.8) is 0 Å². The average molecular weight is 351 g/mol. The summed E-state index contributed by atoms with van der Waals surface area (Å²) in [4.78, 5) is 10.9. The van der Waals surface area contributed by atoms with Crippen LogP contribution in [0.3, 0.4) is 0 Å². The first-order valence-electron chi connectivity index (χ1n) is 6.15. The number of aromatic carboxylic acids is 1. The lowest BCUT2D eigenvalue weighted by atomic mass is 10.2. The van der Waals surface area contributed by atoms with Gasteiger partial charge in [-0.3, -0.25) is 0 Å². The van der Waals surface area contributed by atoms with Gasteiger partial charge in [-0.1, -0.05) is 36.4 Å². The van der Waals surface area contributed by atoms with E-state index in [2.05, 4.69) is 15.9 Å². The summed E-state index contributed by atoms with van der Waals surface area (Å²) in [6.07, 6.45) is 3.62. The van der Waals surface area contributed by atoms with Crippen LogP contribution in [0.2, 0.25) is 0 Å². The van der Waals surface area contributed by atoms with E-state index in [0.29, 0.717) is 0 Å². The highest BCUT2D eigenvalue weighted by molar-refractivity contribution is 9.10. The molecule has 0 aliphatic heterocycles. The summed E-state index contributed by atoms with van der Waals surface area (Å²) in [7, 11) is 0. The molecule has 5 heteroatoms. The Labute approximate surface area is 129 Å². The van der Waals surface area contributed by atoms with Crippen LogP contribution in [0.15, 0.2) is 53.0 Å². The molecule has 0 atom stereocenters. The molecular formula is C16H12BrFO3. The van der Waals surface area contributed by atoms with Gasteiger partial charge in [0.1, 0.15) is 6.61 Å². The molecule has 0 aliphatic rings. The summed E-state index contributed by atoms with van der Waals surface area (Å²) in [5.74, 6) is -1.91. The molecule has 0 aliphatic carbocycles. The highest BCUT2D eigenvalue weighted by Gasteiger charge is 2.16. The third-order valence-electron chi connectivity index (χ3n) is 2.72. The van der Waals surface area contributed by atoms with E-state index in [9.17, 15) is 9.18 Å². The monoisotopic (exact) mass is 350 g/mol. The number of carbonyl (C=O) groups is 1. The minimum atomic E-state index is -1.20. The Morgan fingerprint density at radius 3 is 2.62 bits per heavy atom. The van der Waals surface area contributed by atoms with Crippen molar-refractivity contribution in [2.45, 2.75) is 0 Å². The molecule has 0 fully saturated rings. The van der Waals surface area contributed by atoms with Crippen LogP contribution in [0.1, 0.15) is 15.9 Å². The van der Waals surface area contributed by atoms with Gasteiger partial charge in [0.15, 0.2) is 11.6 Å². The van der Waals surface area contributed by atoms with Gasteiger partial charge in [0.05, 0.1) is 10.0 Å². The minimum absolute atomic E-state index is 0.00425. The van der Waals surface area contributed by atoms with Crippen LogP contribution in [0, 0.1) is 5.82 Å². The molecule has 0 aromatic heterocycles. The Morgan fingerprint density at radius 1 is 1.24 bits per heavy atom. The van der Waals surface area contributed by atoms with Crippen molar-refractivity contribution in [1.82, 2.24) is 0 Å². The number of carboxylic acids is 1. The molecule has 0 unspecified atom stereocenters. The predicted octanol–water partition coefficient (Wildman–Crippen LogP) is 4.38. The lowest BCUT2D eigenvalue weighted by Crippen LogP contribution is -2.02. The maximum absolute atomic E-state index is 13.9. The Kier molecular flexibility index (Phi) is 5.11. The summed E-state index contributed by atoms with van der Waals surface area (Å²) >= 11 is 2.92. The smallest absolute Gasteiger partial charge is 0.336 e. The van der Waals surface area contributed by atoms with Crippen LogP contribution in [0.4, 0.5) is 4.39 Å². The van der Waals surface area contributed by atoms with Gasteiger partial charge in [-0.25, -0.2) is 9.18 Å². The van der Waals surface area contributed by atoms with E-state index in [1.165, 1.54) is 12.1 Å². The fourth-order valence-electron chi connectivity index (χ4n) is 1.69. The van der Waals surface area contributed by atoms with Gasteiger partial charge in [-0.2, -0.15) is 0 Å². The molecule has 0 saturated heterocycles. The number of rotatable bonds is 5. The summed E-state index contributed by atoms with van der Waals surface area (Å²) < 4.78 is 19.1. The maximum Gasteiger partial charge on any atom is 0.336 e. The second-order valence-electron chi connectivity index (χ2n) is 4.17. The summed E-state index contributed by atoms with van der Waals surface area (Å²) in [5.41, 5.74) is 0.878. The van der Waals surface area contributed by atoms with Crippen LogP contribution < -0.4 is 4.74 Å². The van der Waals surface area contributed by atoms with Gasteiger partial charge in [0, 0.05) is 0 Å². The van der Waals surface area contributed by atoms with Gasteiger partial charge >= 0.3 is 5.97 Å². The molecule has 2 aromatic carbocycles. The molecule has 0 radical (unpaired) electrons. The highest BCUT2D eigenvalue weighted by Crippen LogP contribution is 2.28. The molecule has 3 nitrogen and oxygen atoms in total. The van der Waals surface area contributed by atoms with E-state index < -0.39 is 11.8 Å². The Morgan fingerprint density at radius 2 is 1.95 bits per heavy atom. The van der Waals surface area contributed by atoms with E-state index in [4.69, 9.17) is 9.84 Å². The molecule has 0 heterocycles. The Hall–Kier alpha value is -2.14. The number of hydrogen-bond acceptors (Lipinski definition) is 2. The average Bonchev–Trinajstić information content (AvgIpc) is 2.48. The summed E-state index contributed by atoms with van der Waals surface area (Å²) in [6.45, 7) is 0.185. The van der Waals surface area contributed by atoms with E-state index in [1.807, 2.05) is 36.4 Å². The standard InChI is InChI=1S/C16H12BrFO3/c17-14-12(16(19)20)8-9-13(15(14)18)21-10-4-7-11-5-2-1-3-6-11/h1-9H,10H2,(H,19,20)/b7-4+. The normalized spacial score (nSPS) is 10.8. The van der Waals surface area contributed by atoms with Crippen LogP contribution in [-0.2, 0) is 0 Å². The SMILES string of the molecule is O=C(O)c1ccc(OC/C=C/c2ccccc2)c(F)c1Br. The van der Waals surface area contributed by atoms with Gasteiger partial charge in [0.25, 0.3) is 0 Å². The Balaban J connectivity index is 2.03. The van der Waals surface area contributed by atoms with Gasteiger partial charge in [-0.05, 0) is 39.7 Å². The molecular weight excluding hydrogens is 339 g/mol. The predicted molar refractivity (Wildman–Crippen MR) is 82.0 cm³/mol. The van der Waals surface area contributed by atoms with Crippen LogP contribution >= 0.6 is 15.9 Å². The summed E-state index contributed by atoms with van der Waals surface area (Å²) in [6, 6.07) is 12.2. The third-order valence-corrected chi connectivity index (χ3v) is 3.50. The van der Waals surface area contributed by atoms with Crippen molar-refractivity contribution < 1.29 is 19.0 Å². The lowest BCUT2D eigenvalue weighted by Gasteiger charge is -2.07. The van der Waals surface area contributed by atoms with Crippen molar-refractivity contribution in [3.05, 3.63) is 70.0 Å². The molecule has 0 amide bonds. The Bertz CT molecular complexity index is 669. The first kappa shape index (κ1) is 15.3. The highest BCUT2D eigenvalue weighted by atomic mass is 79.9. The zero-order valence-corrected chi connectivity index (χ0v) is 12.5. The van der Waals surface area contributed by atoms with Crippen LogP contribution in [-0.4, -0.2) is 17.7 Å². The number of carboxylic acid groups (broad SMARTS) is 1. The van der Waals surface area contributed by atoms with E-state index >= 15 is 0 Å². The second kappa shape index (κ2) is 7.04. The van der Waals surface area contributed by atoms with E-state index in [-0.39, 0.29) is 22.4 Å². The van der Waals surface area contributed by atoms with Crippen molar-refractivity contribution in [2.24, 2.45) is 0 Å². The number of hydrogen-bond donors (Lipinski definition) is 1. The number of halogens is 2. The van der Waals surface area contributed by atoms with Gasteiger partial charge < -0.3 is 9.84 Å². The molecule has 2 rings (SSSR count).